The number of ketones is 1. The van der Waals surface area contributed by atoms with Crippen LogP contribution in [0.1, 0.15) is 43.1 Å². The molecule has 1 aliphatic heterocycles. The van der Waals surface area contributed by atoms with Crippen molar-refractivity contribution in [2.75, 3.05) is 27.2 Å². The smallest absolute Gasteiger partial charge is 0.170 e. The van der Waals surface area contributed by atoms with Gasteiger partial charge in [-0.25, -0.2) is 0 Å². The van der Waals surface area contributed by atoms with Crippen molar-refractivity contribution in [3.8, 4) is 11.1 Å². The van der Waals surface area contributed by atoms with Crippen LogP contribution in [0, 0.1) is 5.41 Å². The van der Waals surface area contributed by atoms with Gasteiger partial charge in [0.25, 0.3) is 0 Å². The van der Waals surface area contributed by atoms with Crippen molar-refractivity contribution >= 4 is 16.7 Å². The van der Waals surface area contributed by atoms with E-state index in [-0.39, 0.29) is 5.78 Å². The van der Waals surface area contributed by atoms with Gasteiger partial charge in [0.1, 0.15) is 0 Å². The number of carbonyl (C=O) groups excluding carboxylic acids is 1. The molecule has 0 bridgehead atoms. The minimum absolute atomic E-state index is 0.170. The molecule has 1 unspecified atom stereocenters. The predicted octanol–water partition coefficient (Wildman–Crippen LogP) is 5.20. The molecule has 2 aromatic carbocycles. The van der Waals surface area contributed by atoms with Crippen molar-refractivity contribution in [2.45, 2.75) is 39.8 Å². The number of benzene rings is 2. The van der Waals surface area contributed by atoms with Crippen molar-refractivity contribution in [3.05, 3.63) is 59.8 Å². The molecule has 2 heterocycles. The Bertz CT molecular complexity index is 1060. The number of aromatic nitrogens is 1. The second-order valence-corrected chi connectivity index (χ2v) is 9.88. The standard InChI is InChI=1S/C26H33N3O/c1-26(2,3)25(30)23-15-27-24-10-9-20(14-22(23)24)19-8-6-7-18(13-19)16-29-12-11-21(17-29)28(4)5/h6-10,13-15,21,27H,11-12,16-17H2,1-5H3. The first kappa shape index (κ1) is 20.8. The highest BCUT2D eigenvalue weighted by Crippen LogP contribution is 2.31. The van der Waals surface area contributed by atoms with E-state index >= 15 is 0 Å². The zero-order chi connectivity index (χ0) is 21.5. The third-order valence-corrected chi connectivity index (χ3v) is 6.25. The number of rotatable bonds is 5. The summed E-state index contributed by atoms with van der Waals surface area (Å²) in [5, 5.41) is 1.01. The van der Waals surface area contributed by atoms with E-state index < -0.39 is 5.41 Å². The van der Waals surface area contributed by atoms with Gasteiger partial charge in [-0.05, 0) is 55.4 Å². The molecule has 0 saturated carbocycles. The topological polar surface area (TPSA) is 39.3 Å². The second-order valence-electron chi connectivity index (χ2n) is 9.88. The molecule has 4 nitrogen and oxygen atoms in total. The molecule has 1 aliphatic rings. The fourth-order valence-electron chi connectivity index (χ4n) is 4.38. The molecule has 4 rings (SSSR count). The van der Waals surface area contributed by atoms with E-state index in [1.54, 1.807) is 0 Å². The second kappa shape index (κ2) is 8.01. The zero-order valence-electron chi connectivity index (χ0n) is 18.8. The number of likely N-dealkylation sites (tertiary alicyclic amines) is 1. The lowest BCUT2D eigenvalue weighted by molar-refractivity contribution is 0.0860. The molecule has 1 saturated heterocycles. The Hall–Kier alpha value is -2.43. The minimum Gasteiger partial charge on any atom is -0.360 e. The number of fused-ring (bicyclic) bond motifs is 1. The number of hydrogen-bond donors (Lipinski definition) is 1. The number of nitrogens with one attached hydrogen (secondary N) is 1. The number of carbonyl (C=O) groups is 1. The van der Waals surface area contributed by atoms with Gasteiger partial charge in [-0.15, -0.1) is 0 Å². The van der Waals surface area contributed by atoms with Gasteiger partial charge in [-0.3, -0.25) is 9.69 Å². The van der Waals surface area contributed by atoms with Crippen molar-refractivity contribution in [1.82, 2.24) is 14.8 Å². The molecular weight excluding hydrogens is 370 g/mol. The Kier molecular flexibility index (Phi) is 5.56. The van der Waals surface area contributed by atoms with Crippen LogP contribution in [0.2, 0.25) is 0 Å². The Labute approximate surface area is 179 Å². The largest absolute Gasteiger partial charge is 0.360 e. The van der Waals surface area contributed by atoms with Gasteiger partial charge in [0, 0.05) is 53.8 Å². The highest BCUT2D eigenvalue weighted by atomic mass is 16.1. The monoisotopic (exact) mass is 403 g/mol. The van der Waals surface area contributed by atoms with E-state index in [0.29, 0.717) is 6.04 Å². The third kappa shape index (κ3) is 4.21. The summed E-state index contributed by atoms with van der Waals surface area (Å²) in [7, 11) is 4.34. The molecule has 4 heteroatoms. The summed E-state index contributed by atoms with van der Waals surface area (Å²) in [5.41, 5.74) is 5.09. The summed E-state index contributed by atoms with van der Waals surface area (Å²) in [5.74, 6) is 0.170. The van der Waals surface area contributed by atoms with Crippen LogP contribution in [-0.2, 0) is 6.54 Å². The normalized spacial score (nSPS) is 17.9. The van der Waals surface area contributed by atoms with Crippen molar-refractivity contribution in [2.24, 2.45) is 5.41 Å². The van der Waals surface area contributed by atoms with Crippen LogP contribution in [0.3, 0.4) is 0 Å². The first-order chi connectivity index (χ1) is 14.2. The van der Waals surface area contributed by atoms with Gasteiger partial charge in [0.05, 0.1) is 0 Å². The molecular formula is C26H33N3O. The maximum absolute atomic E-state index is 12.9. The van der Waals surface area contributed by atoms with Gasteiger partial charge < -0.3 is 9.88 Å². The Morgan fingerprint density at radius 2 is 1.90 bits per heavy atom. The number of nitrogens with zero attached hydrogens (tertiary/aromatic N) is 2. The number of Topliss-reactive ketones (excluding diaryl/α,β-unsaturated/α-hetero) is 1. The maximum atomic E-state index is 12.9. The SMILES string of the molecule is CN(C)C1CCN(Cc2cccc(-c3ccc4[nH]cc(C(=O)C(C)(C)C)c4c3)c2)C1. The Balaban J connectivity index is 1.60. The summed E-state index contributed by atoms with van der Waals surface area (Å²) in [6.07, 6.45) is 3.09. The van der Waals surface area contributed by atoms with E-state index in [1.165, 1.54) is 17.5 Å². The number of H-pyrrole nitrogens is 1. The van der Waals surface area contributed by atoms with Crippen LogP contribution in [-0.4, -0.2) is 53.8 Å². The lowest BCUT2D eigenvalue weighted by Crippen LogP contribution is -2.31. The van der Waals surface area contributed by atoms with Crippen LogP contribution >= 0.6 is 0 Å². The van der Waals surface area contributed by atoms with Crippen molar-refractivity contribution < 1.29 is 4.79 Å². The van der Waals surface area contributed by atoms with Gasteiger partial charge in [-0.1, -0.05) is 45.0 Å². The van der Waals surface area contributed by atoms with E-state index in [9.17, 15) is 4.79 Å². The van der Waals surface area contributed by atoms with Crippen molar-refractivity contribution in [1.29, 1.82) is 0 Å². The summed E-state index contributed by atoms with van der Waals surface area (Å²) >= 11 is 0. The van der Waals surface area contributed by atoms with Gasteiger partial charge in [-0.2, -0.15) is 0 Å². The molecule has 0 spiro atoms. The fourth-order valence-corrected chi connectivity index (χ4v) is 4.38. The van der Waals surface area contributed by atoms with Gasteiger partial charge in [0.2, 0.25) is 0 Å². The molecule has 0 aliphatic carbocycles. The summed E-state index contributed by atoms with van der Waals surface area (Å²) < 4.78 is 0. The van der Waals surface area contributed by atoms with E-state index in [1.807, 2.05) is 27.0 Å². The van der Waals surface area contributed by atoms with Crippen LogP contribution in [0.25, 0.3) is 22.0 Å². The average Bonchev–Trinajstić information content (AvgIpc) is 3.33. The Morgan fingerprint density at radius 1 is 1.13 bits per heavy atom. The Morgan fingerprint density at radius 3 is 2.60 bits per heavy atom. The number of likely N-dealkylation sites (N-methyl/N-ethyl adjacent to an activating group) is 1. The molecule has 158 valence electrons. The van der Waals surface area contributed by atoms with E-state index in [0.717, 1.165) is 41.7 Å². The molecule has 1 aromatic heterocycles. The zero-order valence-corrected chi connectivity index (χ0v) is 18.8. The number of aromatic amines is 1. The van der Waals surface area contributed by atoms with E-state index in [2.05, 4.69) is 71.3 Å². The summed E-state index contributed by atoms with van der Waals surface area (Å²) in [6, 6.07) is 15.9. The highest BCUT2D eigenvalue weighted by Gasteiger charge is 2.26. The molecule has 1 atom stereocenters. The van der Waals surface area contributed by atoms with E-state index in [4.69, 9.17) is 0 Å². The molecule has 1 fully saturated rings. The average molecular weight is 404 g/mol. The lowest BCUT2D eigenvalue weighted by atomic mass is 9.86. The van der Waals surface area contributed by atoms with Gasteiger partial charge in [0.15, 0.2) is 5.78 Å². The molecule has 1 N–H and O–H groups in total. The minimum atomic E-state index is -0.398. The first-order valence-corrected chi connectivity index (χ1v) is 10.9. The molecule has 30 heavy (non-hydrogen) atoms. The van der Waals surface area contributed by atoms with Crippen molar-refractivity contribution in [3.63, 3.8) is 0 Å². The lowest BCUT2D eigenvalue weighted by Gasteiger charge is -2.20. The highest BCUT2D eigenvalue weighted by molar-refractivity contribution is 6.10. The third-order valence-electron chi connectivity index (χ3n) is 6.25. The van der Waals surface area contributed by atoms with Crippen LogP contribution in [0.15, 0.2) is 48.7 Å². The van der Waals surface area contributed by atoms with Gasteiger partial charge >= 0.3 is 0 Å². The molecule has 0 amide bonds. The van der Waals surface area contributed by atoms with Crippen LogP contribution in [0.4, 0.5) is 0 Å². The quantitative estimate of drug-likeness (QED) is 0.595. The first-order valence-electron chi connectivity index (χ1n) is 10.9. The molecule has 3 aromatic rings. The predicted molar refractivity (Wildman–Crippen MR) is 125 cm³/mol. The fraction of sp³-hybridized carbons (Fsp3) is 0.423. The maximum Gasteiger partial charge on any atom is 0.170 e. The summed E-state index contributed by atoms with van der Waals surface area (Å²) in [4.78, 5) is 21.0. The van der Waals surface area contributed by atoms with Crippen LogP contribution < -0.4 is 0 Å². The molecule has 0 radical (unpaired) electrons. The van der Waals surface area contributed by atoms with Crippen LogP contribution in [0.5, 0.6) is 0 Å². The summed E-state index contributed by atoms with van der Waals surface area (Å²) in [6.45, 7) is 9.19. The number of hydrogen-bond acceptors (Lipinski definition) is 3.